The number of hydrogen-bond acceptors (Lipinski definition) is 3. The molecule has 0 spiro atoms. The van der Waals surface area contributed by atoms with Crippen LogP contribution in [-0.4, -0.2) is 32.3 Å². The molecule has 1 heterocycles. The molecule has 1 aromatic heterocycles. The Balaban J connectivity index is 2.32. The number of nitrogens with zero attached hydrogens (tertiary/aromatic N) is 2. The third-order valence-corrected chi connectivity index (χ3v) is 3.90. The molecule has 0 atom stereocenters. The molecule has 1 aliphatic carbocycles. The fourth-order valence-corrected chi connectivity index (χ4v) is 2.68. The number of aromatic nitrogens is 2. The summed E-state index contributed by atoms with van der Waals surface area (Å²) < 4.78 is 2.04. The maximum absolute atomic E-state index is 11.3. The number of aliphatic hydroxyl groups excluding tert-OH is 1. The van der Waals surface area contributed by atoms with Gasteiger partial charge in [-0.15, -0.1) is 0 Å². The van der Waals surface area contributed by atoms with E-state index in [9.17, 15) is 15.0 Å². The predicted molar refractivity (Wildman–Crippen MR) is 70.4 cm³/mol. The number of carboxylic acids is 1. The Bertz CT molecular complexity index is 656. The van der Waals surface area contributed by atoms with Crippen LogP contribution in [0.4, 0.5) is 0 Å². The van der Waals surface area contributed by atoms with Crippen LogP contribution in [0.25, 0.3) is 11.0 Å². The standard InChI is InChI=1S/C14H16N2O3/c1-2-11-15-12-9(13(18)19)4-3-5-10(12)16(11)14(8-17)6-7-14/h3-5,17H,2,6-8H2,1H3,(H,18,19). The van der Waals surface area contributed by atoms with Gasteiger partial charge in [0.2, 0.25) is 0 Å². The third kappa shape index (κ3) is 1.65. The minimum absolute atomic E-state index is 0.0722. The summed E-state index contributed by atoms with van der Waals surface area (Å²) in [5, 5.41) is 18.9. The first-order chi connectivity index (χ1) is 9.13. The number of aliphatic hydroxyl groups is 1. The zero-order valence-electron chi connectivity index (χ0n) is 10.8. The van der Waals surface area contributed by atoms with Gasteiger partial charge in [0.1, 0.15) is 11.3 Å². The van der Waals surface area contributed by atoms with Crippen molar-refractivity contribution in [1.82, 2.24) is 9.55 Å². The van der Waals surface area contributed by atoms with Gasteiger partial charge >= 0.3 is 5.97 Å². The maximum Gasteiger partial charge on any atom is 0.337 e. The van der Waals surface area contributed by atoms with E-state index in [1.54, 1.807) is 12.1 Å². The zero-order valence-corrected chi connectivity index (χ0v) is 10.8. The SMILES string of the molecule is CCc1nc2c(C(=O)O)cccc2n1C1(CO)CC1. The maximum atomic E-state index is 11.3. The number of hydrogen-bond donors (Lipinski definition) is 2. The van der Waals surface area contributed by atoms with Crippen LogP contribution in [0.5, 0.6) is 0 Å². The van der Waals surface area contributed by atoms with Crippen LogP contribution in [0.1, 0.15) is 35.9 Å². The van der Waals surface area contributed by atoms with Gasteiger partial charge < -0.3 is 14.8 Å². The monoisotopic (exact) mass is 260 g/mol. The second-order valence-corrected chi connectivity index (χ2v) is 5.08. The minimum Gasteiger partial charge on any atom is -0.478 e. The Morgan fingerprint density at radius 3 is 2.74 bits per heavy atom. The number of aryl methyl sites for hydroxylation is 1. The summed E-state index contributed by atoms with van der Waals surface area (Å²) in [6.07, 6.45) is 2.55. The van der Waals surface area contributed by atoms with Gasteiger partial charge in [-0.1, -0.05) is 13.0 Å². The summed E-state index contributed by atoms with van der Waals surface area (Å²) in [6, 6.07) is 5.18. The molecule has 5 nitrogen and oxygen atoms in total. The summed E-state index contributed by atoms with van der Waals surface area (Å²) in [7, 11) is 0. The van der Waals surface area contributed by atoms with Crippen molar-refractivity contribution in [2.45, 2.75) is 31.7 Å². The second kappa shape index (κ2) is 4.06. The Hall–Kier alpha value is -1.88. The van der Waals surface area contributed by atoms with Gasteiger partial charge in [0.15, 0.2) is 0 Å². The largest absolute Gasteiger partial charge is 0.478 e. The van der Waals surface area contributed by atoms with E-state index in [2.05, 4.69) is 4.98 Å². The van der Waals surface area contributed by atoms with Crippen molar-refractivity contribution in [3.8, 4) is 0 Å². The summed E-state index contributed by atoms with van der Waals surface area (Å²) in [5.41, 5.74) is 1.28. The summed E-state index contributed by atoms with van der Waals surface area (Å²) in [4.78, 5) is 15.7. The molecule has 0 aliphatic heterocycles. The quantitative estimate of drug-likeness (QED) is 0.878. The first-order valence-corrected chi connectivity index (χ1v) is 6.48. The molecular formula is C14H16N2O3. The molecule has 0 amide bonds. The van der Waals surface area contributed by atoms with Crippen molar-refractivity contribution < 1.29 is 15.0 Å². The molecule has 0 radical (unpaired) electrons. The van der Waals surface area contributed by atoms with Crippen molar-refractivity contribution in [2.24, 2.45) is 0 Å². The van der Waals surface area contributed by atoms with E-state index < -0.39 is 5.97 Å². The Morgan fingerprint density at radius 2 is 2.21 bits per heavy atom. The number of carboxylic acid groups (broad SMARTS) is 1. The van der Waals surface area contributed by atoms with Crippen molar-refractivity contribution in [1.29, 1.82) is 0 Å². The van der Waals surface area contributed by atoms with Gasteiger partial charge in [0.25, 0.3) is 0 Å². The lowest BCUT2D eigenvalue weighted by Crippen LogP contribution is -2.23. The molecule has 19 heavy (non-hydrogen) atoms. The highest BCUT2D eigenvalue weighted by molar-refractivity contribution is 6.01. The normalized spacial score (nSPS) is 16.7. The molecule has 2 N–H and O–H groups in total. The molecule has 1 saturated carbocycles. The van der Waals surface area contributed by atoms with Gasteiger partial charge in [0, 0.05) is 6.42 Å². The van der Waals surface area contributed by atoms with E-state index in [1.165, 1.54) is 0 Å². The molecule has 1 fully saturated rings. The highest BCUT2D eigenvalue weighted by Crippen LogP contribution is 2.46. The Labute approximate surface area is 110 Å². The number of aromatic carboxylic acids is 1. The fourth-order valence-electron chi connectivity index (χ4n) is 2.68. The molecule has 0 bridgehead atoms. The molecule has 0 saturated heterocycles. The Kier molecular flexibility index (Phi) is 2.60. The molecule has 5 heteroatoms. The topological polar surface area (TPSA) is 75.3 Å². The van der Waals surface area contributed by atoms with Gasteiger partial charge in [-0.05, 0) is 25.0 Å². The van der Waals surface area contributed by atoms with Crippen LogP contribution in [-0.2, 0) is 12.0 Å². The highest BCUT2D eigenvalue weighted by atomic mass is 16.4. The number of para-hydroxylation sites is 1. The van der Waals surface area contributed by atoms with Crippen LogP contribution in [0.15, 0.2) is 18.2 Å². The minimum atomic E-state index is -0.966. The van der Waals surface area contributed by atoms with Crippen molar-refractivity contribution >= 4 is 17.0 Å². The van der Waals surface area contributed by atoms with Gasteiger partial charge in [-0.3, -0.25) is 0 Å². The smallest absolute Gasteiger partial charge is 0.337 e. The first-order valence-electron chi connectivity index (χ1n) is 6.48. The number of rotatable bonds is 4. The summed E-state index contributed by atoms with van der Waals surface area (Å²) >= 11 is 0. The molecular weight excluding hydrogens is 244 g/mol. The average molecular weight is 260 g/mol. The van der Waals surface area contributed by atoms with Crippen LogP contribution in [0.3, 0.4) is 0 Å². The highest BCUT2D eigenvalue weighted by Gasteiger charge is 2.46. The van der Waals surface area contributed by atoms with Crippen LogP contribution < -0.4 is 0 Å². The van der Waals surface area contributed by atoms with Crippen LogP contribution in [0.2, 0.25) is 0 Å². The van der Waals surface area contributed by atoms with E-state index in [4.69, 9.17) is 0 Å². The van der Waals surface area contributed by atoms with E-state index in [0.29, 0.717) is 5.52 Å². The van der Waals surface area contributed by atoms with Gasteiger partial charge in [-0.2, -0.15) is 0 Å². The van der Waals surface area contributed by atoms with Crippen LogP contribution >= 0.6 is 0 Å². The number of benzene rings is 1. The second-order valence-electron chi connectivity index (χ2n) is 5.08. The lowest BCUT2D eigenvalue weighted by Gasteiger charge is -2.18. The van der Waals surface area contributed by atoms with Crippen LogP contribution in [0, 0.1) is 0 Å². The summed E-state index contributed by atoms with van der Waals surface area (Å²) in [5.74, 6) is -0.123. The molecule has 0 unspecified atom stereocenters. The number of imidazole rings is 1. The third-order valence-electron chi connectivity index (χ3n) is 3.90. The molecule has 1 aromatic carbocycles. The van der Waals surface area contributed by atoms with Crippen molar-refractivity contribution in [2.75, 3.05) is 6.61 Å². The van der Waals surface area contributed by atoms with E-state index >= 15 is 0 Å². The zero-order chi connectivity index (χ0) is 13.6. The summed E-state index contributed by atoms with van der Waals surface area (Å²) in [6.45, 7) is 2.06. The molecule has 100 valence electrons. The van der Waals surface area contributed by atoms with Crippen molar-refractivity contribution in [3.05, 3.63) is 29.6 Å². The van der Waals surface area contributed by atoms with Gasteiger partial charge in [0.05, 0.1) is 23.2 Å². The molecule has 2 aromatic rings. The molecule has 1 aliphatic rings. The first kappa shape index (κ1) is 12.2. The van der Waals surface area contributed by atoms with Gasteiger partial charge in [-0.25, -0.2) is 9.78 Å². The van der Waals surface area contributed by atoms with E-state index in [0.717, 1.165) is 30.6 Å². The van der Waals surface area contributed by atoms with Crippen molar-refractivity contribution in [3.63, 3.8) is 0 Å². The predicted octanol–water partition coefficient (Wildman–Crippen LogP) is 1.78. The fraction of sp³-hybridized carbons (Fsp3) is 0.429. The Morgan fingerprint density at radius 1 is 1.47 bits per heavy atom. The van der Waals surface area contributed by atoms with E-state index in [-0.39, 0.29) is 17.7 Å². The molecule has 3 rings (SSSR count). The number of carbonyl (C=O) groups is 1. The average Bonchev–Trinajstić information content (AvgIpc) is 3.11. The lowest BCUT2D eigenvalue weighted by molar-refractivity contribution is 0.0699. The van der Waals surface area contributed by atoms with E-state index in [1.807, 2.05) is 17.6 Å². The number of fused-ring (bicyclic) bond motifs is 1. The lowest BCUT2D eigenvalue weighted by atomic mass is 10.1.